The van der Waals surface area contributed by atoms with Crippen molar-refractivity contribution in [3.8, 4) is 5.75 Å². The van der Waals surface area contributed by atoms with E-state index in [1.165, 1.54) is 5.56 Å². The lowest BCUT2D eigenvalue weighted by Gasteiger charge is -2.37. The molecule has 0 fully saturated rings. The summed E-state index contributed by atoms with van der Waals surface area (Å²) in [5.74, 6) is 0.503. The lowest BCUT2D eigenvalue weighted by atomic mass is 9.76. The Hall–Kier alpha value is -4.71. The number of nitro benzene ring substituents is 1. The van der Waals surface area contributed by atoms with Crippen LogP contribution in [0.15, 0.2) is 109 Å². The molecule has 0 amide bonds. The van der Waals surface area contributed by atoms with E-state index in [1.807, 2.05) is 66.7 Å². The van der Waals surface area contributed by atoms with Crippen molar-refractivity contribution >= 4 is 17.3 Å². The van der Waals surface area contributed by atoms with Crippen LogP contribution in [-0.2, 0) is 5.41 Å². The van der Waals surface area contributed by atoms with Crippen LogP contribution in [0.5, 0.6) is 5.75 Å². The number of anilines is 1. The van der Waals surface area contributed by atoms with Gasteiger partial charge in [-0.1, -0.05) is 80.6 Å². The smallest absolute Gasteiger partial charge is 0.343 e. The molecule has 0 saturated carbocycles. The maximum absolute atomic E-state index is 13.2. The summed E-state index contributed by atoms with van der Waals surface area (Å²) < 4.78 is 5.76. The normalized spacial score (nSPS) is 19.3. The third kappa shape index (κ3) is 4.66. The number of allylic oxidation sites excluding steroid dienone is 2. The Bertz CT molecular complexity index is 1590. The Morgan fingerprint density at radius 1 is 0.925 bits per heavy atom. The molecule has 2 aliphatic rings. The number of nitrogens with zero attached hydrogens (tertiary/aromatic N) is 1. The maximum atomic E-state index is 13.2. The topological polar surface area (TPSA) is 81.5 Å². The fraction of sp³-hybridized carbons (Fsp3) is 0.206. The van der Waals surface area contributed by atoms with Crippen LogP contribution < -0.4 is 10.1 Å². The SMILES string of the molecule is CC(C)(c1ccccc1)c1ccc(OC(=O)c2ccc3c(c2)[C@@H]2C=CC[C@@H]2[C@@H](c2ccc([N+](=O)[O-])cc2)N3)cc1. The van der Waals surface area contributed by atoms with E-state index < -0.39 is 5.97 Å². The zero-order valence-corrected chi connectivity index (χ0v) is 22.4. The van der Waals surface area contributed by atoms with Gasteiger partial charge in [-0.2, -0.15) is 0 Å². The van der Waals surface area contributed by atoms with E-state index in [4.69, 9.17) is 4.74 Å². The summed E-state index contributed by atoms with van der Waals surface area (Å²) in [5.41, 5.74) is 5.80. The molecule has 0 saturated heterocycles. The van der Waals surface area contributed by atoms with Gasteiger partial charge in [0.1, 0.15) is 5.75 Å². The highest BCUT2D eigenvalue weighted by atomic mass is 16.6. The van der Waals surface area contributed by atoms with Gasteiger partial charge in [0.25, 0.3) is 5.69 Å². The molecule has 40 heavy (non-hydrogen) atoms. The van der Waals surface area contributed by atoms with Crippen LogP contribution in [0.25, 0.3) is 0 Å². The summed E-state index contributed by atoms with van der Waals surface area (Å²) in [7, 11) is 0. The largest absolute Gasteiger partial charge is 0.423 e. The Morgan fingerprint density at radius 3 is 2.33 bits per heavy atom. The number of esters is 1. The Kier molecular flexibility index (Phi) is 6.46. The van der Waals surface area contributed by atoms with E-state index in [2.05, 4.69) is 43.4 Å². The highest BCUT2D eigenvalue weighted by Crippen LogP contribution is 2.50. The van der Waals surface area contributed by atoms with Crippen LogP contribution in [0.2, 0.25) is 0 Å². The van der Waals surface area contributed by atoms with Crippen molar-refractivity contribution in [3.63, 3.8) is 0 Å². The molecule has 1 heterocycles. The monoisotopic (exact) mass is 530 g/mol. The van der Waals surface area contributed by atoms with Gasteiger partial charge in [0, 0.05) is 29.2 Å². The van der Waals surface area contributed by atoms with Crippen molar-refractivity contribution in [3.05, 3.63) is 147 Å². The molecular weight excluding hydrogens is 500 g/mol. The number of rotatable bonds is 6. The van der Waals surface area contributed by atoms with Gasteiger partial charge in [0.05, 0.1) is 16.5 Å². The highest BCUT2D eigenvalue weighted by Gasteiger charge is 2.38. The first-order chi connectivity index (χ1) is 19.3. The molecule has 0 radical (unpaired) electrons. The molecule has 6 rings (SSSR count). The first kappa shape index (κ1) is 25.6. The van der Waals surface area contributed by atoms with Crippen LogP contribution in [0.1, 0.15) is 64.8 Å². The molecule has 0 unspecified atom stereocenters. The standard InChI is InChI=1S/C34H30N2O4/c1-34(2,24-7-4-3-5-8-24)25-14-18-27(19-15-25)40-33(37)23-13-20-31-30(21-23)28-9-6-10-29(28)32(35-31)22-11-16-26(17-12-22)36(38)39/h3-9,11-21,28-29,32,35H,10H2,1-2H3/t28-,29+,32-/m1/s1. The van der Waals surface area contributed by atoms with Gasteiger partial charge in [-0.05, 0) is 64.9 Å². The van der Waals surface area contributed by atoms with E-state index in [0.29, 0.717) is 11.3 Å². The van der Waals surface area contributed by atoms with Gasteiger partial charge in [-0.3, -0.25) is 10.1 Å². The average molecular weight is 531 g/mol. The minimum Gasteiger partial charge on any atom is -0.423 e. The van der Waals surface area contributed by atoms with Gasteiger partial charge >= 0.3 is 5.97 Å². The van der Waals surface area contributed by atoms with Crippen LogP contribution >= 0.6 is 0 Å². The molecule has 1 aliphatic heterocycles. The molecular formula is C34H30N2O4. The minimum atomic E-state index is -0.395. The number of hydrogen-bond acceptors (Lipinski definition) is 5. The zero-order chi connectivity index (χ0) is 27.9. The number of nitro groups is 1. The number of fused-ring (bicyclic) bond motifs is 3. The molecule has 1 aliphatic carbocycles. The van der Waals surface area contributed by atoms with Crippen LogP contribution in [-0.4, -0.2) is 10.9 Å². The number of carbonyl (C=O) groups is 1. The lowest BCUT2D eigenvalue weighted by Crippen LogP contribution is -2.29. The molecule has 3 atom stereocenters. The van der Waals surface area contributed by atoms with Crippen molar-refractivity contribution in [2.24, 2.45) is 5.92 Å². The summed E-state index contributed by atoms with van der Waals surface area (Å²) in [5, 5.41) is 14.7. The molecule has 0 spiro atoms. The van der Waals surface area contributed by atoms with Crippen LogP contribution in [0, 0.1) is 16.0 Å². The van der Waals surface area contributed by atoms with Gasteiger partial charge in [0.15, 0.2) is 0 Å². The first-order valence-electron chi connectivity index (χ1n) is 13.5. The zero-order valence-electron chi connectivity index (χ0n) is 22.4. The molecule has 0 aromatic heterocycles. The highest BCUT2D eigenvalue weighted by molar-refractivity contribution is 5.92. The van der Waals surface area contributed by atoms with Gasteiger partial charge in [-0.25, -0.2) is 4.79 Å². The molecule has 4 aromatic carbocycles. The quantitative estimate of drug-likeness (QED) is 0.0899. The summed E-state index contributed by atoms with van der Waals surface area (Å²) in [4.78, 5) is 23.9. The maximum Gasteiger partial charge on any atom is 0.343 e. The fourth-order valence-corrected chi connectivity index (χ4v) is 5.98. The summed E-state index contributed by atoms with van der Waals surface area (Å²) in [6, 6.07) is 30.5. The Labute approximate surface area is 233 Å². The number of ether oxygens (including phenoxy) is 1. The van der Waals surface area contributed by atoms with Gasteiger partial charge < -0.3 is 10.1 Å². The molecule has 0 bridgehead atoms. The molecule has 1 N–H and O–H groups in total. The van der Waals surface area contributed by atoms with Crippen LogP contribution in [0.4, 0.5) is 11.4 Å². The molecule has 6 nitrogen and oxygen atoms in total. The van der Waals surface area contributed by atoms with Crippen molar-refractivity contribution < 1.29 is 14.5 Å². The van der Waals surface area contributed by atoms with Gasteiger partial charge in [0.2, 0.25) is 0 Å². The summed E-state index contributed by atoms with van der Waals surface area (Å²) >= 11 is 0. The predicted octanol–water partition coefficient (Wildman–Crippen LogP) is 7.97. The Balaban J connectivity index is 1.20. The van der Waals surface area contributed by atoms with Crippen molar-refractivity contribution in [1.82, 2.24) is 0 Å². The number of hydrogen-bond donors (Lipinski definition) is 1. The average Bonchev–Trinajstić information content (AvgIpc) is 3.48. The van der Waals surface area contributed by atoms with E-state index in [9.17, 15) is 14.9 Å². The predicted molar refractivity (Wildman–Crippen MR) is 156 cm³/mol. The van der Waals surface area contributed by atoms with E-state index >= 15 is 0 Å². The van der Waals surface area contributed by atoms with E-state index in [0.717, 1.165) is 28.8 Å². The summed E-state index contributed by atoms with van der Waals surface area (Å²) in [6.45, 7) is 4.36. The molecule has 6 heteroatoms. The number of benzene rings is 4. The first-order valence-corrected chi connectivity index (χ1v) is 13.5. The van der Waals surface area contributed by atoms with Crippen molar-refractivity contribution in [1.29, 1.82) is 0 Å². The minimum absolute atomic E-state index is 0.0183. The van der Waals surface area contributed by atoms with Crippen molar-refractivity contribution in [2.75, 3.05) is 5.32 Å². The second-order valence-electron chi connectivity index (χ2n) is 11.0. The lowest BCUT2D eigenvalue weighted by molar-refractivity contribution is -0.384. The number of nitrogens with one attached hydrogen (secondary N) is 1. The second kappa shape index (κ2) is 10.1. The fourth-order valence-electron chi connectivity index (χ4n) is 5.98. The third-order valence-electron chi connectivity index (χ3n) is 8.34. The Morgan fingerprint density at radius 2 is 1.62 bits per heavy atom. The van der Waals surface area contributed by atoms with E-state index in [-0.39, 0.29) is 33.9 Å². The van der Waals surface area contributed by atoms with E-state index in [1.54, 1.807) is 18.2 Å². The summed E-state index contributed by atoms with van der Waals surface area (Å²) in [6.07, 6.45) is 5.26. The number of carbonyl (C=O) groups excluding carboxylic acids is 1. The van der Waals surface area contributed by atoms with Crippen LogP contribution in [0.3, 0.4) is 0 Å². The second-order valence-corrected chi connectivity index (χ2v) is 11.0. The molecule has 4 aromatic rings. The van der Waals surface area contributed by atoms with Crippen molar-refractivity contribution in [2.45, 2.75) is 37.6 Å². The number of non-ortho nitro benzene ring substituents is 1. The third-order valence-corrected chi connectivity index (χ3v) is 8.34. The molecule has 200 valence electrons. The van der Waals surface area contributed by atoms with Gasteiger partial charge in [-0.15, -0.1) is 0 Å².